The third-order valence-corrected chi connectivity index (χ3v) is 10.1. The summed E-state index contributed by atoms with van der Waals surface area (Å²) >= 11 is 1.96. The van der Waals surface area contributed by atoms with Crippen molar-refractivity contribution < 1.29 is 4.79 Å². The molecule has 0 radical (unpaired) electrons. The lowest BCUT2D eigenvalue weighted by Gasteiger charge is -2.31. The van der Waals surface area contributed by atoms with Crippen LogP contribution in [0, 0.1) is 26.7 Å². The number of piperidine rings is 1. The number of hydrogen-bond acceptors (Lipinski definition) is 5. The van der Waals surface area contributed by atoms with Gasteiger partial charge < -0.3 is 10.3 Å². The molecule has 5 heterocycles. The first-order chi connectivity index (χ1) is 17.6. The highest BCUT2D eigenvalue weighted by atomic mass is 32.1. The van der Waals surface area contributed by atoms with Gasteiger partial charge in [0.25, 0.3) is 0 Å². The molecule has 2 N–H and O–H groups in total. The molecular weight excluding hydrogens is 480 g/mol. The van der Waals surface area contributed by atoms with E-state index < -0.39 is 0 Å². The van der Waals surface area contributed by atoms with Crippen molar-refractivity contribution in [1.29, 1.82) is 0 Å². The molecule has 8 heteroatoms. The molecule has 0 spiro atoms. The molecule has 1 amide bonds. The number of carbonyl (C=O) groups is 1. The Labute approximate surface area is 222 Å². The molecule has 1 aliphatic carbocycles. The predicted octanol–water partition coefficient (Wildman–Crippen LogP) is 5.69. The van der Waals surface area contributed by atoms with Crippen LogP contribution in [-0.4, -0.2) is 55.6 Å². The van der Waals surface area contributed by atoms with Crippen molar-refractivity contribution in [2.75, 3.05) is 13.1 Å². The van der Waals surface area contributed by atoms with Crippen LogP contribution in [0.15, 0.2) is 12.5 Å². The number of aromatic nitrogens is 4. The second kappa shape index (κ2) is 8.95. The van der Waals surface area contributed by atoms with Gasteiger partial charge in [-0.05, 0) is 87.5 Å². The molecule has 2 bridgehead atoms. The molecule has 4 aromatic rings. The van der Waals surface area contributed by atoms with Crippen LogP contribution in [-0.2, 0) is 4.79 Å². The molecular formula is C29H38N6OS. The average molecular weight is 519 g/mol. The topological polar surface area (TPSA) is 78.3 Å². The zero-order chi connectivity index (χ0) is 26.2. The molecule has 3 atom stereocenters. The number of rotatable bonds is 6. The van der Waals surface area contributed by atoms with E-state index in [4.69, 9.17) is 0 Å². The van der Waals surface area contributed by atoms with E-state index in [0.717, 1.165) is 18.6 Å². The molecule has 7 nitrogen and oxygen atoms in total. The second-order valence-electron chi connectivity index (χ2n) is 11.8. The average Bonchev–Trinajstić information content (AvgIpc) is 3.62. The molecule has 1 saturated carbocycles. The third kappa shape index (κ3) is 3.91. The maximum atomic E-state index is 12.4. The van der Waals surface area contributed by atoms with Gasteiger partial charge in [-0.2, -0.15) is 5.10 Å². The lowest BCUT2D eigenvalue weighted by Crippen LogP contribution is -2.44. The summed E-state index contributed by atoms with van der Waals surface area (Å²) in [5.41, 5.74) is 8.64. The van der Waals surface area contributed by atoms with Crippen LogP contribution in [0.2, 0.25) is 0 Å². The maximum Gasteiger partial charge on any atom is 0.234 e. The van der Waals surface area contributed by atoms with Crippen LogP contribution >= 0.6 is 11.3 Å². The second-order valence-corrected chi connectivity index (χ2v) is 12.9. The number of likely N-dealkylation sites (tertiary alicyclic amines) is 1. The summed E-state index contributed by atoms with van der Waals surface area (Å²) in [4.78, 5) is 25.9. The van der Waals surface area contributed by atoms with Crippen LogP contribution < -0.4 is 5.32 Å². The number of fused-ring (bicyclic) bond motifs is 4. The van der Waals surface area contributed by atoms with Gasteiger partial charge in [0.05, 0.1) is 12.2 Å². The number of aryl methyl sites for hydroxylation is 2. The zero-order valence-electron chi connectivity index (χ0n) is 23.0. The van der Waals surface area contributed by atoms with Gasteiger partial charge in [0.2, 0.25) is 5.91 Å². The number of aromatic amines is 1. The van der Waals surface area contributed by atoms with E-state index in [9.17, 15) is 4.79 Å². The Morgan fingerprint density at radius 2 is 1.95 bits per heavy atom. The number of nitrogens with zero attached hydrogens (tertiary/aromatic N) is 4. The quantitative estimate of drug-likeness (QED) is 0.344. The van der Waals surface area contributed by atoms with E-state index in [0.29, 0.717) is 30.3 Å². The number of hydrogen-bond donors (Lipinski definition) is 2. The Bertz CT molecular complexity index is 1510. The third-order valence-electron chi connectivity index (χ3n) is 8.72. The van der Waals surface area contributed by atoms with Gasteiger partial charge in [-0.1, -0.05) is 13.8 Å². The Morgan fingerprint density at radius 3 is 2.62 bits per heavy atom. The van der Waals surface area contributed by atoms with E-state index in [1.165, 1.54) is 50.1 Å². The highest BCUT2D eigenvalue weighted by molar-refractivity contribution is 7.19. The van der Waals surface area contributed by atoms with E-state index >= 15 is 0 Å². The van der Waals surface area contributed by atoms with Crippen LogP contribution in [0.5, 0.6) is 0 Å². The minimum Gasteiger partial charge on any atom is -0.353 e. The first-order valence-corrected chi connectivity index (χ1v) is 14.4. The normalized spacial score (nSPS) is 21.9. The van der Waals surface area contributed by atoms with Gasteiger partial charge in [-0.25, -0.2) is 9.50 Å². The Hall–Kier alpha value is -2.71. The first kappa shape index (κ1) is 24.6. The van der Waals surface area contributed by atoms with E-state index in [1.807, 2.05) is 29.7 Å². The van der Waals surface area contributed by atoms with Gasteiger partial charge in [0, 0.05) is 40.7 Å². The summed E-state index contributed by atoms with van der Waals surface area (Å²) in [5.74, 6) is 1.79. The number of carbonyl (C=O) groups excluding carboxylic acids is 1. The zero-order valence-corrected chi connectivity index (χ0v) is 23.8. The standard InChI is InChI=1S/C29H38N6OS/c1-14(2)24-25-18(7)27(21-9-20-8-19(21)10-34(20)12-23(36)32-15(3)4)37-29(25)33-26(24)22-11-35-28(30-13-31-35)17(6)16(22)5/h11,13-15,19-21,33H,8-10,12H2,1-7H3,(H,32,36)/t19-,20?,21+/m0/s1. The molecule has 196 valence electrons. The minimum atomic E-state index is 0.156. The van der Waals surface area contributed by atoms with Crippen molar-refractivity contribution in [3.8, 4) is 11.3 Å². The van der Waals surface area contributed by atoms with Crippen molar-refractivity contribution in [2.24, 2.45) is 5.92 Å². The van der Waals surface area contributed by atoms with Crippen LogP contribution in [0.3, 0.4) is 0 Å². The fourth-order valence-corrected chi connectivity index (χ4v) is 8.39. The number of H-pyrrole nitrogens is 1. The highest BCUT2D eigenvalue weighted by Crippen LogP contribution is 2.53. The van der Waals surface area contributed by atoms with Crippen molar-refractivity contribution in [2.45, 2.75) is 85.2 Å². The van der Waals surface area contributed by atoms with Crippen molar-refractivity contribution in [3.05, 3.63) is 39.7 Å². The first-order valence-electron chi connectivity index (χ1n) is 13.6. The molecule has 1 unspecified atom stereocenters. The maximum absolute atomic E-state index is 12.4. The summed E-state index contributed by atoms with van der Waals surface area (Å²) in [5, 5.41) is 8.90. The molecule has 6 rings (SSSR count). The van der Waals surface area contributed by atoms with Crippen molar-refractivity contribution >= 4 is 33.1 Å². The van der Waals surface area contributed by atoms with Gasteiger partial charge in [0.1, 0.15) is 11.2 Å². The number of amides is 1. The SMILES string of the molecule is Cc1c(-c2[nH]c3sc([C@@H]4CC5C[C@H]4CN5CC(=O)NC(C)C)c(C)c3c2C(C)C)cn2ncnc2c1C. The molecule has 2 fully saturated rings. The van der Waals surface area contributed by atoms with E-state index in [1.54, 1.807) is 11.2 Å². The Kier molecular flexibility index (Phi) is 5.95. The van der Waals surface area contributed by atoms with Crippen LogP contribution in [0.4, 0.5) is 0 Å². The molecule has 2 aliphatic rings. The number of thiophene rings is 1. The van der Waals surface area contributed by atoms with Gasteiger partial charge in [-0.3, -0.25) is 9.69 Å². The lowest BCUT2D eigenvalue weighted by molar-refractivity contribution is -0.123. The van der Waals surface area contributed by atoms with Crippen LogP contribution in [0.1, 0.15) is 79.5 Å². The Balaban J connectivity index is 1.34. The highest BCUT2D eigenvalue weighted by Gasteiger charge is 2.46. The molecule has 1 saturated heterocycles. The number of pyridine rings is 1. The lowest BCUT2D eigenvalue weighted by atomic mass is 9.88. The molecule has 0 aromatic carbocycles. The molecule has 4 aromatic heterocycles. The summed E-state index contributed by atoms with van der Waals surface area (Å²) in [7, 11) is 0. The minimum absolute atomic E-state index is 0.156. The van der Waals surface area contributed by atoms with Crippen LogP contribution in [0.25, 0.3) is 27.1 Å². The summed E-state index contributed by atoms with van der Waals surface area (Å²) in [6.45, 7) is 16.9. The largest absolute Gasteiger partial charge is 0.353 e. The number of nitrogens with one attached hydrogen (secondary N) is 2. The summed E-state index contributed by atoms with van der Waals surface area (Å²) in [6, 6.07) is 0.718. The fourth-order valence-electron chi connectivity index (χ4n) is 6.96. The monoisotopic (exact) mass is 518 g/mol. The van der Waals surface area contributed by atoms with E-state index in [2.05, 4.69) is 66.1 Å². The predicted molar refractivity (Wildman–Crippen MR) is 151 cm³/mol. The van der Waals surface area contributed by atoms with Gasteiger partial charge >= 0.3 is 0 Å². The Morgan fingerprint density at radius 1 is 1.16 bits per heavy atom. The van der Waals surface area contributed by atoms with Crippen molar-refractivity contribution in [3.63, 3.8) is 0 Å². The summed E-state index contributed by atoms with van der Waals surface area (Å²) in [6.07, 6.45) is 6.13. The van der Waals surface area contributed by atoms with Gasteiger partial charge in [0.15, 0.2) is 5.65 Å². The summed E-state index contributed by atoms with van der Waals surface area (Å²) < 4.78 is 1.90. The van der Waals surface area contributed by atoms with E-state index in [-0.39, 0.29) is 11.9 Å². The smallest absolute Gasteiger partial charge is 0.234 e. The van der Waals surface area contributed by atoms with Gasteiger partial charge in [-0.15, -0.1) is 11.3 Å². The molecule has 37 heavy (non-hydrogen) atoms. The van der Waals surface area contributed by atoms with Crippen molar-refractivity contribution in [1.82, 2.24) is 29.8 Å². The fraction of sp³-hybridized carbons (Fsp3) is 0.552. The molecule has 1 aliphatic heterocycles.